The van der Waals surface area contributed by atoms with Crippen LogP contribution < -0.4 is 10.6 Å². The Kier molecular flexibility index (Phi) is 2.11. The Morgan fingerprint density at radius 1 is 1.73 bits per heavy atom. The Bertz CT molecular complexity index is 246. The molecule has 0 radical (unpaired) electrons. The van der Waals surface area contributed by atoms with E-state index in [0.717, 1.165) is 22.8 Å². The van der Waals surface area contributed by atoms with Crippen molar-refractivity contribution < 1.29 is 0 Å². The summed E-state index contributed by atoms with van der Waals surface area (Å²) in [6.45, 7) is 2.11. The van der Waals surface area contributed by atoms with Gasteiger partial charge in [0.25, 0.3) is 0 Å². The lowest BCUT2D eigenvalue weighted by atomic mass is 10.2. The highest BCUT2D eigenvalue weighted by molar-refractivity contribution is 9.10. The Hall–Kier alpha value is -0.130. The number of nitrogens with one attached hydrogen (secondary N) is 2. The zero-order valence-electron chi connectivity index (χ0n) is 5.80. The third kappa shape index (κ3) is 1.72. The summed E-state index contributed by atoms with van der Waals surface area (Å²) < 4.78 is 0.914. The average Bonchev–Trinajstić information content (AvgIpc) is 2.27. The van der Waals surface area contributed by atoms with Gasteiger partial charge in [0.15, 0.2) is 5.13 Å². The molecular formula is C6H8BrN3S. The SMILES string of the molecule is Brc1csc(NC2CNC2)n1. The first kappa shape index (κ1) is 7.52. The quantitative estimate of drug-likeness (QED) is 0.809. The number of halogens is 1. The Balaban J connectivity index is 1.95. The average molecular weight is 234 g/mol. The molecule has 1 aliphatic rings. The summed E-state index contributed by atoms with van der Waals surface area (Å²) in [6, 6.07) is 0.577. The first-order chi connectivity index (χ1) is 5.34. The van der Waals surface area contributed by atoms with Crippen LogP contribution in [0.4, 0.5) is 5.13 Å². The molecular weight excluding hydrogens is 226 g/mol. The van der Waals surface area contributed by atoms with Crippen molar-refractivity contribution in [2.45, 2.75) is 6.04 Å². The van der Waals surface area contributed by atoms with E-state index in [1.165, 1.54) is 0 Å². The standard InChI is InChI=1S/C6H8BrN3S/c7-5-3-11-6(10-5)9-4-1-8-2-4/h3-4,8H,1-2H2,(H,9,10). The normalized spacial score (nSPS) is 17.9. The van der Waals surface area contributed by atoms with E-state index in [1.54, 1.807) is 11.3 Å². The van der Waals surface area contributed by atoms with Gasteiger partial charge in [-0.1, -0.05) is 0 Å². The Morgan fingerprint density at radius 3 is 3.00 bits per heavy atom. The fraction of sp³-hybridized carbons (Fsp3) is 0.500. The van der Waals surface area contributed by atoms with E-state index in [-0.39, 0.29) is 0 Å². The van der Waals surface area contributed by atoms with E-state index in [2.05, 4.69) is 31.5 Å². The lowest BCUT2D eigenvalue weighted by Crippen LogP contribution is -2.51. The van der Waals surface area contributed by atoms with Gasteiger partial charge in [0.1, 0.15) is 4.60 Å². The summed E-state index contributed by atoms with van der Waals surface area (Å²) in [7, 11) is 0. The van der Waals surface area contributed by atoms with Crippen molar-refractivity contribution in [2.24, 2.45) is 0 Å². The van der Waals surface area contributed by atoms with Crippen molar-refractivity contribution in [2.75, 3.05) is 18.4 Å². The molecule has 2 N–H and O–H groups in total. The zero-order chi connectivity index (χ0) is 7.68. The van der Waals surface area contributed by atoms with Crippen LogP contribution in [0.2, 0.25) is 0 Å². The summed E-state index contributed by atoms with van der Waals surface area (Å²) in [4.78, 5) is 4.23. The first-order valence-electron chi connectivity index (χ1n) is 3.43. The minimum atomic E-state index is 0.577. The van der Waals surface area contributed by atoms with E-state index in [0.29, 0.717) is 6.04 Å². The molecule has 11 heavy (non-hydrogen) atoms. The van der Waals surface area contributed by atoms with E-state index in [4.69, 9.17) is 0 Å². The number of rotatable bonds is 2. The fourth-order valence-electron chi connectivity index (χ4n) is 0.886. The molecule has 2 heterocycles. The molecule has 0 aliphatic carbocycles. The molecule has 0 bridgehead atoms. The lowest BCUT2D eigenvalue weighted by molar-refractivity contribution is 0.472. The van der Waals surface area contributed by atoms with Crippen LogP contribution in [0.25, 0.3) is 0 Å². The number of thiazole rings is 1. The van der Waals surface area contributed by atoms with Crippen LogP contribution in [0.15, 0.2) is 9.98 Å². The van der Waals surface area contributed by atoms with Gasteiger partial charge >= 0.3 is 0 Å². The van der Waals surface area contributed by atoms with Gasteiger partial charge in [-0.05, 0) is 15.9 Å². The van der Waals surface area contributed by atoms with Crippen molar-refractivity contribution in [3.05, 3.63) is 9.98 Å². The van der Waals surface area contributed by atoms with Gasteiger partial charge in [-0.15, -0.1) is 11.3 Å². The second-order valence-corrected chi connectivity index (χ2v) is 4.15. The molecule has 60 valence electrons. The highest BCUT2D eigenvalue weighted by Gasteiger charge is 2.16. The van der Waals surface area contributed by atoms with Crippen LogP contribution in [-0.4, -0.2) is 24.1 Å². The minimum Gasteiger partial charge on any atom is -0.356 e. The van der Waals surface area contributed by atoms with E-state index in [9.17, 15) is 0 Å². The van der Waals surface area contributed by atoms with Crippen LogP contribution in [0.3, 0.4) is 0 Å². The Labute approximate surface area is 77.3 Å². The molecule has 0 saturated carbocycles. The van der Waals surface area contributed by atoms with Crippen molar-refractivity contribution in [3.8, 4) is 0 Å². The van der Waals surface area contributed by atoms with Gasteiger partial charge < -0.3 is 10.6 Å². The molecule has 3 nitrogen and oxygen atoms in total. The third-order valence-corrected chi connectivity index (χ3v) is 3.07. The van der Waals surface area contributed by atoms with E-state index < -0.39 is 0 Å². The summed E-state index contributed by atoms with van der Waals surface area (Å²) in [5.41, 5.74) is 0. The maximum absolute atomic E-state index is 4.23. The maximum Gasteiger partial charge on any atom is 0.184 e. The van der Waals surface area contributed by atoms with Crippen molar-refractivity contribution in [1.29, 1.82) is 0 Å². The number of hydrogen-bond acceptors (Lipinski definition) is 4. The number of anilines is 1. The van der Waals surface area contributed by atoms with Crippen LogP contribution in [-0.2, 0) is 0 Å². The maximum atomic E-state index is 4.23. The molecule has 1 aromatic rings. The molecule has 1 aliphatic heterocycles. The lowest BCUT2D eigenvalue weighted by Gasteiger charge is -2.27. The first-order valence-corrected chi connectivity index (χ1v) is 5.10. The second-order valence-electron chi connectivity index (χ2n) is 2.47. The van der Waals surface area contributed by atoms with Crippen LogP contribution in [0, 0.1) is 0 Å². The molecule has 1 saturated heterocycles. The predicted octanol–water partition coefficient (Wildman–Crippen LogP) is 1.29. The monoisotopic (exact) mass is 233 g/mol. The van der Waals surface area contributed by atoms with Crippen LogP contribution in [0.5, 0.6) is 0 Å². The van der Waals surface area contributed by atoms with Gasteiger partial charge in [-0.2, -0.15) is 0 Å². The smallest absolute Gasteiger partial charge is 0.184 e. The molecule has 2 rings (SSSR count). The number of aromatic nitrogens is 1. The van der Waals surface area contributed by atoms with Crippen molar-refractivity contribution >= 4 is 32.4 Å². The van der Waals surface area contributed by atoms with Crippen molar-refractivity contribution in [3.63, 3.8) is 0 Å². The molecule has 5 heteroatoms. The van der Waals surface area contributed by atoms with Crippen LogP contribution in [0.1, 0.15) is 0 Å². The van der Waals surface area contributed by atoms with E-state index in [1.807, 2.05) is 5.38 Å². The van der Waals surface area contributed by atoms with Gasteiger partial charge in [0, 0.05) is 18.5 Å². The summed E-state index contributed by atoms with van der Waals surface area (Å²) in [5.74, 6) is 0. The molecule has 1 aromatic heterocycles. The highest BCUT2D eigenvalue weighted by Crippen LogP contribution is 2.20. The minimum absolute atomic E-state index is 0.577. The molecule has 0 unspecified atom stereocenters. The van der Waals surface area contributed by atoms with E-state index >= 15 is 0 Å². The topological polar surface area (TPSA) is 37.0 Å². The molecule has 0 atom stereocenters. The molecule has 1 fully saturated rings. The predicted molar refractivity (Wildman–Crippen MR) is 50.1 cm³/mol. The van der Waals surface area contributed by atoms with Gasteiger partial charge in [0.2, 0.25) is 0 Å². The molecule has 0 amide bonds. The summed E-state index contributed by atoms with van der Waals surface area (Å²) in [6.07, 6.45) is 0. The summed E-state index contributed by atoms with van der Waals surface area (Å²) >= 11 is 4.94. The number of hydrogen-bond donors (Lipinski definition) is 2. The summed E-state index contributed by atoms with van der Waals surface area (Å²) in [5, 5.41) is 9.49. The Morgan fingerprint density at radius 2 is 2.55 bits per heavy atom. The van der Waals surface area contributed by atoms with Gasteiger partial charge in [-0.3, -0.25) is 0 Å². The molecule has 0 spiro atoms. The second kappa shape index (κ2) is 3.08. The van der Waals surface area contributed by atoms with Gasteiger partial charge in [0.05, 0.1) is 6.04 Å². The highest BCUT2D eigenvalue weighted by atomic mass is 79.9. The third-order valence-electron chi connectivity index (χ3n) is 1.59. The van der Waals surface area contributed by atoms with Crippen LogP contribution >= 0.6 is 27.3 Å². The largest absolute Gasteiger partial charge is 0.356 e. The zero-order valence-corrected chi connectivity index (χ0v) is 8.20. The molecule has 0 aromatic carbocycles. The number of nitrogens with zero attached hydrogens (tertiary/aromatic N) is 1. The van der Waals surface area contributed by atoms with Crippen molar-refractivity contribution in [1.82, 2.24) is 10.3 Å². The van der Waals surface area contributed by atoms with Gasteiger partial charge in [-0.25, -0.2) is 4.98 Å². The fourth-order valence-corrected chi connectivity index (χ4v) is 2.11.